The van der Waals surface area contributed by atoms with Gasteiger partial charge in [-0.1, -0.05) is 0 Å². The predicted molar refractivity (Wildman–Crippen MR) is 60.0 cm³/mol. The van der Waals surface area contributed by atoms with Crippen LogP contribution >= 0.6 is 0 Å². The second kappa shape index (κ2) is 5.47. The molecule has 2 N–H and O–H groups in total. The minimum atomic E-state index is -0.703. The highest BCUT2D eigenvalue weighted by atomic mass is 16.4. The van der Waals surface area contributed by atoms with Gasteiger partial charge in [0.15, 0.2) is 0 Å². The Balaban J connectivity index is 2.41. The van der Waals surface area contributed by atoms with Crippen LogP contribution in [0.5, 0.6) is 0 Å². The van der Waals surface area contributed by atoms with Gasteiger partial charge in [0, 0.05) is 37.6 Å². The van der Waals surface area contributed by atoms with Crippen molar-refractivity contribution in [3.63, 3.8) is 0 Å². The summed E-state index contributed by atoms with van der Waals surface area (Å²) in [6.07, 6.45) is 0.985. The minimum Gasteiger partial charge on any atom is -0.481 e. The molecule has 4 nitrogen and oxygen atoms in total. The molecule has 0 aromatic carbocycles. The van der Waals surface area contributed by atoms with E-state index >= 15 is 0 Å². The predicted octanol–water partition coefficient (Wildman–Crippen LogP) is 0.922. The molecule has 4 heteroatoms. The third-order valence-corrected chi connectivity index (χ3v) is 2.92. The second-order valence-electron chi connectivity index (χ2n) is 4.74. The molecule has 1 fully saturated rings. The van der Waals surface area contributed by atoms with Crippen molar-refractivity contribution in [2.24, 2.45) is 0 Å². The first-order chi connectivity index (χ1) is 6.99. The quantitative estimate of drug-likeness (QED) is 0.731. The molecule has 0 bridgehead atoms. The molecule has 0 saturated carbocycles. The number of piperazine rings is 1. The number of hydrogen-bond acceptors (Lipinski definition) is 3. The van der Waals surface area contributed by atoms with Crippen LogP contribution in [0.15, 0.2) is 0 Å². The molecular formula is C11H22N2O2. The molecule has 1 aliphatic heterocycles. The summed E-state index contributed by atoms with van der Waals surface area (Å²) in [6, 6.07) is 1.33. The molecule has 1 rings (SSSR count). The van der Waals surface area contributed by atoms with Crippen LogP contribution in [0.4, 0.5) is 0 Å². The fraction of sp³-hybridized carbons (Fsp3) is 0.909. The Morgan fingerprint density at radius 1 is 1.53 bits per heavy atom. The molecule has 0 spiro atoms. The molecule has 0 aromatic rings. The van der Waals surface area contributed by atoms with Crippen LogP contribution in [0.2, 0.25) is 0 Å². The molecule has 0 amide bonds. The highest BCUT2D eigenvalue weighted by molar-refractivity contribution is 5.66. The van der Waals surface area contributed by atoms with E-state index in [2.05, 4.69) is 31.0 Å². The lowest BCUT2D eigenvalue weighted by atomic mass is 10.0. The van der Waals surface area contributed by atoms with Crippen molar-refractivity contribution in [2.45, 2.75) is 51.7 Å². The summed E-state index contributed by atoms with van der Waals surface area (Å²) in [5, 5.41) is 12.1. The van der Waals surface area contributed by atoms with Gasteiger partial charge in [0.05, 0.1) is 0 Å². The number of nitrogens with zero attached hydrogens (tertiary/aromatic N) is 1. The smallest absolute Gasteiger partial charge is 0.303 e. The fourth-order valence-electron chi connectivity index (χ4n) is 2.11. The molecule has 15 heavy (non-hydrogen) atoms. The number of carboxylic acid groups (broad SMARTS) is 1. The minimum absolute atomic E-state index is 0.260. The van der Waals surface area contributed by atoms with Gasteiger partial charge in [0.1, 0.15) is 0 Å². The summed E-state index contributed by atoms with van der Waals surface area (Å²) in [7, 11) is 0. The number of carboxylic acids is 1. The van der Waals surface area contributed by atoms with Crippen LogP contribution in [0.25, 0.3) is 0 Å². The number of aliphatic carboxylic acids is 1. The van der Waals surface area contributed by atoms with Gasteiger partial charge in [-0.25, -0.2) is 0 Å². The van der Waals surface area contributed by atoms with E-state index in [1.807, 2.05) is 0 Å². The average molecular weight is 214 g/mol. The molecule has 2 atom stereocenters. The molecule has 1 aliphatic rings. The van der Waals surface area contributed by atoms with Crippen LogP contribution in [0, 0.1) is 0 Å². The summed E-state index contributed by atoms with van der Waals surface area (Å²) in [6.45, 7) is 8.55. The number of carbonyl (C=O) groups is 1. The van der Waals surface area contributed by atoms with Crippen molar-refractivity contribution < 1.29 is 9.90 Å². The van der Waals surface area contributed by atoms with E-state index in [4.69, 9.17) is 5.11 Å². The Labute approximate surface area is 91.6 Å². The highest BCUT2D eigenvalue weighted by Gasteiger charge is 2.25. The Morgan fingerprint density at radius 2 is 2.20 bits per heavy atom. The summed E-state index contributed by atoms with van der Waals surface area (Å²) in [5.74, 6) is -0.703. The first kappa shape index (κ1) is 12.5. The van der Waals surface area contributed by atoms with Crippen molar-refractivity contribution >= 4 is 5.97 Å². The van der Waals surface area contributed by atoms with Gasteiger partial charge < -0.3 is 10.4 Å². The molecule has 0 aromatic heterocycles. The van der Waals surface area contributed by atoms with E-state index < -0.39 is 5.97 Å². The van der Waals surface area contributed by atoms with Gasteiger partial charge >= 0.3 is 5.97 Å². The molecule has 1 heterocycles. The molecule has 1 saturated heterocycles. The SMILES string of the molecule is CC1CN(C(C)C)CC(CCC(=O)O)N1. The van der Waals surface area contributed by atoms with Crippen molar-refractivity contribution in [1.82, 2.24) is 10.2 Å². The maximum absolute atomic E-state index is 10.5. The van der Waals surface area contributed by atoms with Crippen LogP contribution in [-0.2, 0) is 4.79 Å². The number of nitrogens with one attached hydrogen (secondary N) is 1. The maximum Gasteiger partial charge on any atom is 0.303 e. The topological polar surface area (TPSA) is 52.6 Å². The summed E-state index contributed by atoms with van der Waals surface area (Å²) < 4.78 is 0. The summed E-state index contributed by atoms with van der Waals surface area (Å²) in [5.41, 5.74) is 0. The van der Waals surface area contributed by atoms with E-state index in [9.17, 15) is 4.79 Å². The van der Waals surface area contributed by atoms with Crippen molar-refractivity contribution in [2.75, 3.05) is 13.1 Å². The van der Waals surface area contributed by atoms with Crippen molar-refractivity contribution in [3.05, 3.63) is 0 Å². The molecule has 88 valence electrons. The number of hydrogen-bond donors (Lipinski definition) is 2. The summed E-state index contributed by atoms with van der Waals surface area (Å²) >= 11 is 0. The van der Waals surface area contributed by atoms with Crippen LogP contribution in [0.1, 0.15) is 33.6 Å². The van der Waals surface area contributed by atoms with E-state index in [-0.39, 0.29) is 6.42 Å². The van der Waals surface area contributed by atoms with E-state index in [0.717, 1.165) is 19.5 Å². The van der Waals surface area contributed by atoms with Crippen LogP contribution in [-0.4, -0.2) is 47.2 Å². The third kappa shape index (κ3) is 4.18. The van der Waals surface area contributed by atoms with E-state index in [0.29, 0.717) is 18.1 Å². The third-order valence-electron chi connectivity index (χ3n) is 2.92. The lowest BCUT2D eigenvalue weighted by Gasteiger charge is -2.39. The van der Waals surface area contributed by atoms with Gasteiger partial charge in [-0.15, -0.1) is 0 Å². The first-order valence-electron chi connectivity index (χ1n) is 5.71. The Kier molecular flexibility index (Phi) is 4.54. The monoisotopic (exact) mass is 214 g/mol. The second-order valence-corrected chi connectivity index (χ2v) is 4.74. The lowest BCUT2D eigenvalue weighted by molar-refractivity contribution is -0.137. The van der Waals surface area contributed by atoms with Gasteiger partial charge in [-0.3, -0.25) is 9.69 Å². The normalized spacial score (nSPS) is 28.3. The van der Waals surface area contributed by atoms with Crippen LogP contribution in [0.3, 0.4) is 0 Å². The molecule has 0 aliphatic carbocycles. The zero-order chi connectivity index (χ0) is 11.4. The number of rotatable bonds is 4. The molecular weight excluding hydrogens is 192 g/mol. The van der Waals surface area contributed by atoms with Gasteiger partial charge in [0.2, 0.25) is 0 Å². The van der Waals surface area contributed by atoms with Gasteiger partial charge in [-0.2, -0.15) is 0 Å². The largest absolute Gasteiger partial charge is 0.481 e. The van der Waals surface area contributed by atoms with Crippen molar-refractivity contribution in [3.8, 4) is 0 Å². The van der Waals surface area contributed by atoms with E-state index in [1.165, 1.54) is 0 Å². The van der Waals surface area contributed by atoms with Crippen molar-refractivity contribution in [1.29, 1.82) is 0 Å². The first-order valence-corrected chi connectivity index (χ1v) is 5.71. The Hall–Kier alpha value is -0.610. The highest BCUT2D eigenvalue weighted by Crippen LogP contribution is 2.11. The average Bonchev–Trinajstić information content (AvgIpc) is 2.13. The fourth-order valence-corrected chi connectivity index (χ4v) is 2.11. The summed E-state index contributed by atoms with van der Waals surface area (Å²) in [4.78, 5) is 12.9. The Bertz CT molecular complexity index is 219. The molecule has 2 unspecified atom stereocenters. The van der Waals surface area contributed by atoms with Gasteiger partial charge in [0.25, 0.3) is 0 Å². The maximum atomic E-state index is 10.5. The standard InChI is InChI=1S/C11H22N2O2/c1-8(2)13-6-9(3)12-10(7-13)4-5-11(14)15/h8-10,12H,4-7H2,1-3H3,(H,14,15). The molecule has 0 radical (unpaired) electrons. The van der Waals surface area contributed by atoms with Crippen LogP contribution < -0.4 is 5.32 Å². The van der Waals surface area contributed by atoms with Gasteiger partial charge in [-0.05, 0) is 27.2 Å². The lowest BCUT2D eigenvalue weighted by Crippen LogP contribution is -2.57. The van der Waals surface area contributed by atoms with E-state index in [1.54, 1.807) is 0 Å². The Morgan fingerprint density at radius 3 is 2.73 bits per heavy atom. The zero-order valence-electron chi connectivity index (χ0n) is 9.86. The zero-order valence-corrected chi connectivity index (χ0v) is 9.86.